The van der Waals surface area contributed by atoms with Gasteiger partial charge in [-0.3, -0.25) is 0 Å². The lowest BCUT2D eigenvalue weighted by molar-refractivity contribution is 0.611. The van der Waals surface area contributed by atoms with E-state index in [4.69, 9.17) is 0 Å². The van der Waals surface area contributed by atoms with Crippen molar-refractivity contribution in [3.63, 3.8) is 0 Å². The van der Waals surface area contributed by atoms with Crippen LogP contribution in [0, 0.1) is 17.7 Å². The van der Waals surface area contributed by atoms with E-state index in [0.717, 1.165) is 24.3 Å². The molecule has 0 aromatic heterocycles. The Morgan fingerprint density at radius 2 is 2.11 bits per heavy atom. The van der Waals surface area contributed by atoms with Gasteiger partial charge in [0.05, 0.1) is 0 Å². The van der Waals surface area contributed by atoms with E-state index in [9.17, 15) is 4.39 Å². The van der Waals surface area contributed by atoms with Gasteiger partial charge >= 0.3 is 0 Å². The normalized spacial score (nSPS) is 17.4. The molecular formula is C18H23F. The molecule has 1 aliphatic carbocycles. The Balaban J connectivity index is 1.97. The molecule has 0 nitrogen and oxygen atoms in total. The van der Waals surface area contributed by atoms with Crippen LogP contribution in [-0.4, -0.2) is 0 Å². The zero-order chi connectivity index (χ0) is 13.7. The van der Waals surface area contributed by atoms with Crippen LogP contribution in [-0.2, 0) is 12.8 Å². The third kappa shape index (κ3) is 4.05. The summed E-state index contributed by atoms with van der Waals surface area (Å²) >= 11 is 0. The van der Waals surface area contributed by atoms with E-state index in [-0.39, 0.29) is 5.82 Å². The van der Waals surface area contributed by atoms with E-state index in [2.05, 4.69) is 31.2 Å². The molecule has 1 unspecified atom stereocenters. The molecule has 0 heterocycles. The van der Waals surface area contributed by atoms with Crippen LogP contribution >= 0.6 is 0 Å². The number of halogens is 1. The van der Waals surface area contributed by atoms with Crippen molar-refractivity contribution in [3.8, 4) is 0 Å². The molecule has 0 aliphatic heterocycles. The van der Waals surface area contributed by atoms with E-state index in [0.29, 0.717) is 5.92 Å². The summed E-state index contributed by atoms with van der Waals surface area (Å²) in [5.41, 5.74) is 2.02. The van der Waals surface area contributed by atoms with Gasteiger partial charge in [0.1, 0.15) is 5.82 Å². The predicted molar refractivity (Wildman–Crippen MR) is 79.7 cm³/mol. The first-order valence-corrected chi connectivity index (χ1v) is 7.31. The molecule has 2 rings (SSSR count). The highest BCUT2D eigenvalue weighted by atomic mass is 19.1. The van der Waals surface area contributed by atoms with Crippen LogP contribution in [0.1, 0.15) is 37.8 Å². The quantitative estimate of drug-likeness (QED) is 0.623. The summed E-state index contributed by atoms with van der Waals surface area (Å²) in [6.45, 7) is 4.07. The Hall–Kier alpha value is -1.37. The zero-order valence-corrected chi connectivity index (χ0v) is 11.9. The number of rotatable bonds is 6. The second-order valence-electron chi connectivity index (χ2n) is 5.35. The Labute approximate surface area is 116 Å². The second kappa shape index (κ2) is 6.70. The zero-order valence-electron chi connectivity index (χ0n) is 11.9. The molecule has 1 aliphatic rings. The van der Waals surface area contributed by atoms with E-state index in [1.54, 1.807) is 6.07 Å². The van der Waals surface area contributed by atoms with Crippen LogP contribution in [0.5, 0.6) is 0 Å². The van der Waals surface area contributed by atoms with Crippen LogP contribution in [0.25, 0.3) is 0 Å². The highest BCUT2D eigenvalue weighted by Crippen LogP contribution is 2.38. The van der Waals surface area contributed by atoms with Crippen LogP contribution < -0.4 is 0 Å². The summed E-state index contributed by atoms with van der Waals surface area (Å²) in [4.78, 5) is 0. The predicted octanol–water partition coefficient (Wildman–Crippen LogP) is 5.09. The van der Waals surface area contributed by atoms with Crippen molar-refractivity contribution in [2.75, 3.05) is 0 Å². The molecule has 19 heavy (non-hydrogen) atoms. The minimum absolute atomic E-state index is 0.0833. The maximum atomic E-state index is 13.4. The minimum Gasteiger partial charge on any atom is -0.207 e. The number of benzene rings is 1. The molecule has 0 saturated heterocycles. The Morgan fingerprint density at radius 3 is 2.74 bits per heavy atom. The van der Waals surface area contributed by atoms with E-state index < -0.39 is 0 Å². The molecule has 1 aromatic carbocycles. The van der Waals surface area contributed by atoms with Crippen LogP contribution in [0.15, 0.2) is 42.5 Å². The average molecular weight is 258 g/mol. The molecule has 1 heteroatoms. The summed E-state index contributed by atoms with van der Waals surface area (Å²) in [6.07, 6.45) is 13.3. The maximum Gasteiger partial charge on any atom is 0.126 e. The fourth-order valence-electron chi connectivity index (χ4n) is 2.47. The van der Waals surface area contributed by atoms with Gasteiger partial charge < -0.3 is 0 Å². The van der Waals surface area contributed by atoms with Gasteiger partial charge in [0.2, 0.25) is 0 Å². The number of hydrogen-bond donors (Lipinski definition) is 0. The number of aryl methyl sites for hydroxylation is 1. The fourth-order valence-corrected chi connectivity index (χ4v) is 2.47. The van der Waals surface area contributed by atoms with Gasteiger partial charge in [0, 0.05) is 0 Å². The lowest BCUT2D eigenvalue weighted by Crippen LogP contribution is -1.95. The highest BCUT2D eigenvalue weighted by molar-refractivity contribution is 5.27. The van der Waals surface area contributed by atoms with Gasteiger partial charge in [-0.05, 0) is 61.6 Å². The molecule has 0 radical (unpaired) electrons. The first-order valence-electron chi connectivity index (χ1n) is 7.31. The van der Waals surface area contributed by atoms with E-state index in [1.807, 2.05) is 19.1 Å². The summed E-state index contributed by atoms with van der Waals surface area (Å²) in [5, 5.41) is 0. The van der Waals surface area contributed by atoms with Crippen molar-refractivity contribution in [2.45, 2.75) is 39.5 Å². The fraction of sp³-hybridized carbons (Fsp3) is 0.444. The first-order chi connectivity index (χ1) is 9.24. The molecule has 102 valence electrons. The lowest BCUT2D eigenvalue weighted by atomic mass is 10.0. The molecule has 1 aromatic rings. The molecule has 0 spiro atoms. The molecule has 0 bridgehead atoms. The van der Waals surface area contributed by atoms with Gasteiger partial charge in [0.25, 0.3) is 0 Å². The second-order valence-corrected chi connectivity index (χ2v) is 5.35. The van der Waals surface area contributed by atoms with E-state index in [1.165, 1.54) is 18.4 Å². The largest absolute Gasteiger partial charge is 0.207 e. The van der Waals surface area contributed by atoms with Crippen molar-refractivity contribution in [3.05, 3.63) is 59.4 Å². The van der Waals surface area contributed by atoms with Gasteiger partial charge in [-0.2, -0.15) is 0 Å². The Morgan fingerprint density at radius 1 is 1.32 bits per heavy atom. The molecule has 0 amide bonds. The third-order valence-electron chi connectivity index (χ3n) is 3.78. The highest BCUT2D eigenvalue weighted by Gasteiger charge is 2.27. The van der Waals surface area contributed by atoms with Crippen LogP contribution in [0.3, 0.4) is 0 Å². The summed E-state index contributed by atoms with van der Waals surface area (Å²) < 4.78 is 13.4. The number of allylic oxidation sites excluding steroid dienone is 4. The summed E-state index contributed by atoms with van der Waals surface area (Å²) in [7, 11) is 0. The molecule has 1 saturated carbocycles. The third-order valence-corrected chi connectivity index (χ3v) is 3.78. The Bertz CT molecular complexity index is 467. The van der Waals surface area contributed by atoms with Gasteiger partial charge in [-0.25, -0.2) is 4.39 Å². The van der Waals surface area contributed by atoms with Crippen molar-refractivity contribution >= 4 is 0 Å². The number of hydrogen-bond acceptors (Lipinski definition) is 0. The molecule has 0 N–H and O–H groups in total. The topological polar surface area (TPSA) is 0 Å². The SMILES string of the molecule is CC=CC(C=CCc1ccc(F)c(CC)c1)C1CC1. The van der Waals surface area contributed by atoms with Gasteiger partial charge in [-0.1, -0.05) is 43.4 Å². The van der Waals surface area contributed by atoms with Gasteiger partial charge in [-0.15, -0.1) is 0 Å². The summed E-state index contributed by atoms with van der Waals surface area (Å²) in [5.74, 6) is 1.36. The standard InChI is InChI=1S/C18H23F/c1-3-6-16(17-10-11-17)8-5-7-14-9-12-18(19)15(4-2)13-14/h3,5-6,8-9,12-13,16-17H,4,7,10-11H2,1-2H3. The van der Waals surface area contributed by atoms with Crippen molar-refractivity contribution in [1.29, 1.82) is 0 Å². The van der Waals surface area contributed by atoms with E-state index >= 15 is 0 Å². The molecule has 1 atom stereocenters. The molecular weight excluding hydrogens is 235 g/mol. The smallest absolute Gasteiger partial charge is 0.126 e. The van der Waals surface area contributed by atoms with Crippen molar-refractivity contribution in [1.82, 2.24) is 0 Å². The van der Waals surface area contributed by atoms with Crippen LogP contribution in [0.4, 0.5) is 4.39 Å². The summed E-state index contributed by atoms with van der Waals surface area (Å²) in [6, 6.07) is 5.47. The average Bonchev–Trinajstić information content (AvgIpc) is 3.24. The Kier molecular flexibility index (Phi) is 4.95. The lowest BCUT2D eigenvalue weighted by Gasteiger charge is -2.05. The first kappa shape index (κ1) is 14.0. The van der Waals surface area contributed by atoms with Crippen molar-refractivity contribution in [2.24, 2.45) is 11.8 Å². The maximum absolute atomic E-state index is 13.4. The van der Waals surface area contributed by atoms with Crippen LogP contribution in [0.2, 0.25) is 0 Å². The molecule has 1 fully saturated rings. The minimum atomic E-state index is -0.0833. The van der Waals surface area contributed by atoms with Gasteiger partial charge in [0.15, 0.2) is 0 Å². The monoisotopic (exact) mass is 258 g/mol. The van der Waals surface area contributed by atoms with Crippen molar-refractivity contribution < 1.29 is 4.39 Å².